The van der Waals surface area contributed by atoms with Crippen LogP contribution in [-0.2, 0) is 20.8 Å². The van der Waals surface area contributed by atoms with E-state index in [0.717, 1.165) is 12.0 Å². The van der Waals surface area contributed by atoms with Crippen LogP contribution in [0, 0.1) is 11.8 Å². The van der Waals surface area contributed by atoms with Crippen molar-refractivity contribution < 1.29 is 19.5 Å². The number of rotatable bonds is 8. The molecule has 1 fully saturated rings. The van der Waals surface area contributed by atoms with Gasteiger partial charge < -0.3 is 15.3 Å². The Morgan fingerprint density at radius 2 is 1.85 bits per heavy atom. The first-order chi connectivity index (χ1) is 12.5. The summed E-state index contributed by atoms with van der Waals surface area (Å²) in [4.78, 5) is 37.0. The van der Waals surface area contributed by atoms with Crippen LogP contribution in [0.3, 0.4) is 0 Å². The number of aryl methyl sites for hydroxylation is 1. The second kappa shape index (κ2) is 9.94. The lowest BCUT2D eigenvalue weighted by atomic mass is 9.95. The summed E-state index contributed by atoms with van der Waals surface area (Å²) >= 11 is 0. The highest BCUT2D eigenvalue weighted by Gasteiger charge is 2.27. The molecule has 0 aliphatic carbocycles. The minimum atomic E-state index is -0.853. The van der Waals surface area contributed by atoms with Gasteiger partial charge in [0, 0.05) is 38.4 Å². The van der Waals surface area contributed by atoms with Crippen LogP contribution in [-0.4, -0.2) is 47.4 Å². The first-order valence-corrected chi connectivity index (χ1v) is 9.27. The molecule has 26 heavy (non-hydrogen) atoms. The maximum atomic E-state index is 12.3. The smallest absolute Gasteiger partial charge is 0.303 e. The number of carbonyl (C=O) groups excluding carboxylic acids is 2. The molecule has 0 radical (unpaired) electrons. The monoisotopic (exact) mass is 360 g/mol. The van der Waals surface area contributed by atoms with Gasteiger partial charge in [0.2, 0.25) is 11.8 Å². The summed E-state index contributed by atoms with van der Waals surface area (Å²) < 4.78 is 0. The molecule has 2 amide bonds. The first-order valence-electron chi connectivity index (χ1n) is 9.27. The van der Waals surface area contributed by atoms with Crippen LogP contribution < -0.4 is 5.32 Å². The molecule has 1 aliphatic heterocycles. The molecule has 1 aromatic carbocycles. The summed E-state index contributed by atoms with van der Waals surface area (Å²) in [5.74, 6) is -0.920. The van der Waals surface area contributed by atoms with Crippen molar-refractivity contribution in [3.8, 4) is 0 Å². The number of carboxylic acids is 1. The van der Waals surface area contributed by atoms with Crippen LogP contribution in [0.2, 0.25) is 0 Å². The van der Waals surface area contributed by atoms with Gasteiger partial charge in [0.15, 0.2) is 0 Å². The number of amides is 2. The van der Waals surface area contributed by atoms with Crippen molar-refractivity contribution in [1.82, 2.24) is 10.2 Å². The number of piperidine rings is 1. The van der Waals surface area contributed by atoms with Crippen molar-refractivity contribution >= 4 is 17.8 Å². The molecule has 0 spiro atoms. The van der Waals surface area contributed by atoms with Crippen LogP contribution in [0.15, 0.2) is 30.3 Å². The molecule has 1 heterocycles. The topological polar surface area (TPSA) is 86.7 Å². The Kier molecular flexibility index (Phi) is 7.63. The number of likely N-dealkylation sites (tertiary alicyclic amines) is 1. The molecule has 1 aliphatic rings. The quantitative estimate of drug-likeness (QED) is 0.743. The number of carbonyl (C=O) groups is 3. The van der Waals surface area contributed by atoms with E-state index in [1.807, 2.05) is 42.2 Å². The second-order valence-electron chi connectivity index (χ2n) is 7.09. The van der Waals surface area contributed by atoms with Crippen molar-refractivity contribution in [1.29, 1.82) is 0 Å². The normalized spacial score (nSPS) is 16.1. The van der Waals surface area contributed by atoms with E-state index in [1.54, 1.807) is 0 Å². The Morgan fingerprint density at radius 3 is 2.46 bits per heavy atom. The average molecular weight is 360 g/mol. The van der Waals surface area contributed by atoms with Gasteiger partial charge in [0.1, 0.15) is 0 Å². The van der Waals surface area contributed by atoms with Crippen molar-refractivity contribution in [3.63, 3.8) is 0 Å². The molecule has 1 unspecified atom stereocenters. The number of benzene rings is 1. The van der Waals surface area contributed by atoms with E-state index >= 15 is 0 Å². The third kappa shape index (κ3) is 6.50. The Bertz CT molecular complexity index is 609. The fourth-order valence-corrected chi connectivity index (χ4v) is 3.23. The van der Waals surface area contributed by atoms with E-state index in [0.29, 0.717) is 38.9 Å². The third-order valence-electron chi connectivity index (χ3n) is 4.84. The molecule has 0 bridgehead atoms. The number of aliphatic carboxylic acids is 1. The van der Waals surface area contributed by atoms with Gasteiger partial charge in [-0.25, -0.2) is 0 Å². The Morgan fingerprint density at radius 1 is 1.19 bits per heavy atom. The maximum absolute atomic E-state index is 12.3. The highest BCUT2D eigenvalue weighted by atomic mass is 16.4. The van der Waals surface area contributed by atoms with E-state index < -0.39 is 5.97 Å². The molecule has 0 saturated carbocycles. The third-order valence-corrected chi connectivity index (χ3v) is 4.84. The van der Waals surface area contributed by atoms with E-state index in [-0.39, 0.29) is 30.1 Å². The van der Waals surface area contributed by atoms with Gasteiger partial charge >= 0.3 is 5.97 Å². The molecule has 6 nitrogen and oxygen atoms in total. The number of nitrogens with one attached hydrogen (secondary N) is 1. The van der Waals surface area contributed by atoms with E-state index in [2.05, 4.69) is 5.32 Å². The SMILES string of the molecule is CC(CNC(=O)C1CCN(C(=O)CCc2ccccc2)CC1)CC(=O)O. The zero-order valence-electron chi connectivity index (χ0n) is 15.3. The van der Waals surface area contributed by atoms with E-state index in [9.17, 15) is 14.4 Å². The maximum Gasteiger partial charge on any atom is 0.303 e. The Hall–Kier alpha value is -2.37. The summed E-state index contributed by atoms with van der Waals surface area (Å²) in [6.45, 7) is 3.40. The highest BCUT2D eigenvalue weighted by molar-refractivity contribution is 5.80. The largest absolute Gasteiger partial charge is 0.481 e. The van der Waals surface area contributed by atoms with Gasteiger partial charge in [-0.05, 0) is 30.7 Å². The molecule has 1 atom stereocenters. The van der Waals surface area contributed by atoms with Crippen molar-refractivity contribution in [2.45, 2.75) is 39.0 Å². The average Bonchev–Trinajstić information content (AvgIpc) is 2.64. The lowest BCUT2D eigenvalue weighted by Gasteiger charge is -2.31. The zero-order chi connectivity index (χ0) is 18.9. The van der Waals surface area contributed by atoms with Crippen LogP contribution in [0.1, 0.15) is 38.2 Å². The van der Waals surface area contributed by atoms with Gasteiger partial charge in [-0.1, -0.05) is 37.3 Å². The van der Waals surface area contributed by atoms with Gasteiger partial charge in [-0.15, -0.1) is 0 Å². The Labute approximate surface area is 154 Å². The summed E-state index contributed by atoms with van der Waals surface area (Å²) in [7, 11) is 0. The van der Waals surface area contributed by atoms with Crippen LogP contribution in [0.4, 0.5) is 0 Å². The van der Waals surface area contributed by atoms with Crippen molar-refractivity contribution in [2.75, 3.05) is 19.6 Å². The zero-order valence-corrected chi connectivity index (χ0v) is 15.3. The first kappa shape index (κ1) is 19.9. The summed E-state index contributed by atoms with van der Waals surface area (Å²) in [5, 5.41) is 11.6. The van der Waals surface area contributed by atoms with Gasteiger partial charge in [0.25, 0.3) is 0 Å². The summed E-state index contributed by atoms with van der Waals surface area (Å²) in [6, 6.07) is 9.95. The fourth-order valence-electron chi connectivity index (χ4n) is 3.23. The molecule has 0 aromatic heterocycles. The van der Waals surface area contributed by atoms with Gasteiger partial charge in [0.05, 0.1) is 0 Å². The molecular weight excluding hydrogens is 332 g/mol. The number of carboxylic acid groups (broad SMARTS) is 1. The minimum absolute atomic E-state index is 0.0291. The number of hydrogen-bond acceptors (Lipinski definition) is 3. The molecule has 6 heteroatoms. The minimum Gasteiger partial charge on any atom is -0.481 e. The summed E-state index contributed by atoms with van der Waals surface area (Å²) in [5.41, 5.74) is 1.16. The second-order valence-corrected chi connectivity index (χ2v) is 7.09. The van der Waals surface area contributed by atoms with Crippen molar-refractivity contribution in [3.05, 3.63) is 35.9 Å². The van der Waals surface area contributed by atoms with Crippen molar-refractivity contribution in [2.24, 2.45) is 11.8 Å². The lowest BCUT2D eigenvalue weighted by Crippen LogP contribution is -2.43. The molecular formula is C20H28N2O4. The lowest BCUT2D eigenvalue weighted by molar-refractivity contribution is -0.138. The predicted molar refractivity (Wildman–Crippen MR) is 98.5 cm³/mol. The molecule has 2 rings (SSSR count). The predicted octanol–water partition coefficient (Wildman–Crippen LogP) is 2.08. The van der Waals surface area contributed by atoms with Crippen LogP contribution >= 0.6 is 0 Å². The fraction of sp³-hybridized carbons (Fsp3) is 0.550. The molecule has 2 N–H and O–H groups in total. The molecule has 1 aromatic rings. The standard InChI is InChI=1S/C20H28N2O4/c1-15(13-19(24)25)14-21-20(26)17-9-11-22(12-10-17)18(23)8-7-16-5-3-2-4-6-16/h2-6,15,17H,7-14H2,1H3,(H,21,26)(H,24,25). The molecule has 142 valence electrons. The van der Waals surface area contributed by atoms with Gasteiger partial charge in [-0.2, -0.15) is 0 Å². The highest BCUT2D eigenvalue weighted by Crippen LogP contribution is 2.19. The van der Waals surface area contributed by atoms with E-state index in [1.165, 1.54) is 0 Å². The number of nitrogens with zero attached hydrogens (tertiary/aromatic N) is 1. The summed E-state index contributed by atoms with van der Waals surface area (Å²) in [6.07, 6.45) is 2.61. The van der Waals surface area contributed by atoms with Crippen LogP contribution in [0.5, 0.6) is 0 Å². The number of hydrogen-bond donors (Lipinski definition) is 2. The Balaban J connectivity index is 1.68. The van der Waals surface area contributed by atoms with E-state index in [4.69, 9.17) is 5.11 Å². The van der Waals surface area contributed by atoms with Gasteiger partial charge in [-0.3, -0.25) is 14.4 Å². The molecule has 1 saturated heterocycles. The van der Waals surface area contributed by atoms with Crippen LogP contribution in [0.25, 0.3) is 0 Å².